The summed E-state index contributed by atoms with van der Waals surface area (Å²) in [7, 11) is -5.67. The summed E-state index contributed by atoms with van der Waals surface area (Å²) in [6, 6.07) is 22.7. The summed E-state index contributed by atoms with van der Waals surface area (Å²) in [6.07, 6.45) is 1.43. The van der Waals surface area contributed by atoms with Gasteiger partial charge in [0.2, 0.25) is 0 Å². The molecule has 232 valence electrons. The van der Waals surface area contributed by atoms with Crippen LogP contribution in [-0.4, -0.2) is 101 Å². The van der Waals surface area contributed by atoms with E-state index in [0.29, 0.717) is 19.1 Å². The molecule has 1 aliphatic heterocycles. The molecule has 0 aliphatic carbocycles. The van der Waals surface area contributed by atoms with Gasteiger partial charge >= 0.3 is 5.97 Å². The Labute approximate surface area is 248 Å². The number of piperazine rings is 1. The van der Waals surface area contributed by atoms with E-state index in [1.807, 2.05) is 37.3 Å². The molecule has 0 aromatic heterocycles. The van der Waals surface area contributed by atoms with E-state index in [1.165, 1.54) is 5.56 Å². The Balaban J connectivity index is 0.000000533. The lowest BCUT2D eigenvalue weighted by Crippen LogP contribution is -2.46. The highest BCUT2D eigenvalue weighted by Crippen LogP contribution is 2.25. The first-order chi connectivity index (χ1) is 19.6. The van der Waals surface area contributed by atoms with Crippen molar-refractivity contribution in [1.82, 2.24) is 9.80 Å². The first kappa shape index (κ1) is 35.1. The maximum atomic E-state index is 12.6. The van der Waals surface area contributed by atoms with Crippen LogP contribution in [0.15, 0.2) is 66.7 Å². The van der Waals surface area contributed by atoms with Crippen LogP contribution in [0.1, 0.15) is 24.0 Å². The molecule has 4 rings (SSSR count). The molecule has 0 saturated carbocycles. The molecule has 3 aromatic carbocycles. The van der Waals surface area contributed by atoms with E-state index in [9.17, 15) is 21.6 Å². The molecule has 1 fully saturated rings. The number of fused-ring (bicyclic) bond motifs is 1. The number of carbonyl (C=O) groups excluding carboxylic acids is 1. The molecule has 3 aromatic rings. The molecule has 1 aliphatic rings. The van der Waals surface area contributed by atoms with E-state index in [0.717, 1.165) is 61.4 Å². The zero-order valence-corrected chi connectivity index (χ0v) is 26.0. The fraction of sp³-hybridized carbons (Fsp3) is 0.414. The van der Waals surface area contributed by atoms with Crippen molar-refractivity contribution in [1.29, 1.82) is 0 Å². The summed E-state index contributed by atoms with van der Waals surface area (Å²) >= 11 is 0. The molecule has 1 atom stereocenters. The molecule has 13 heteroatoms. The highest BCUT2D eigenvalue weighted by Gasteiger charge is 2.20. The number of hydrogen-bond acceptors (Lipinski definition) is 9. The molecule has 1 unspecified atom stereocenters. The number of esters is 1. The lowest BCUT2D eigenvalue weighted by Gasteiger charge is -2.34. The molecule has 42 heavy (non-hydrogen) atoms. The highest BCUT2D eigenvalue weighted by molar-refractivity contribution is 7.85. The predicted octanol–water partition coefficient (Wildman–Crippen LogP) is 3.32. The number of hydrogen-bond donors (Lipinski definition) is 2. The van der Waals surface area contributed by atoms with E-state index in [4.69, 9.17) is 18.6 Å². The average Bonchev–Trinajstić information content (AvgIpc) is 2.91. The van der Waals surface area contributed by atoms with Gasteiger partial charge in [0.05, 0.1) is 25.5 Å². The van der Waals surface area contributed by atoms with Gasteiger partial charge in [-0.25, -0.2) is 0 Å². The van der Waals surface area contributed by atoms with E-state index >= 15 is 0 Å². The van der Waals surface area contributed by atoms with Crippen LogP contribution < -0.4 is 4.74 Å². The summed E-state index contributed by atoms with van der Waals surface area (Å²) in [5, 5.41) is 2.19. The van der Waals surface area contributed by atoms with Crippen LogP contribution >= 0.6 is 0 Å². The fourth-order valence-electron chi connectivity index (χ4n) is 4.19. The molecule has 0 amide bonds. The number of benzene rings is 3. The number of methoxy groups -OCH3 is 1. The largest absolute Gasteiger partial charge is 0.497 e. The summed E-state index contributed by atoms with van der Waals surface area (Å²) in [5.41, 5.74) is 2.33. The molecule has 0 bridgehead atoms. The normalized spacial score (nSPS) is 15.0. The van der Waals surface area contributed by atoms with Crippen LogP contribution in [-0.2, 0) is 36.3 Å². The van der Waals surface area contributed by atoms with Crippen LogP contribution in [0.5, 0.6) is 5.75 Å². The second kappa shape index (κ2) is 16.5. The van der Waals surface area contributed by atoms with Crippen molar-refractivity contribution in [2.24, 2.45) is 0 Å². The monoisotopic (exact) mass is 624 g/mol. The predicted molar refractivity (Wildman–Crippen MR) is 163 cm³/mol. The molecule has 1 heterocycles. The van der Waals surface area contributed by atoms with Crippen LogP contribution in [0.2, 0.25) is 0 Å². The van der Waals surface area contributed by atoms with Crippen LogP contribution in [0, 0.1) is 0 Å². The SMILES string of the molecule is COc1ccc2cc(C(C)C(=O)OCCN3CCN(Cc4ccccc4)CC3)ccc2c1.CS(=O)(=O)O.CS(=O)(=O)O. The smallest absolute Gasteiger partial charge is 0.313 e. The Kier molecular flexibility index (Phi) is 13.8. The van der Waals surface area contributed by atoms with Gasteiger partial charge in [-0.05, 0) is 41.0 Å². The van der Waals surface area contributed by atoms with Gasteiger partial charge in [0.1, 0.15) is 12.4 Å². The van der Waals surface area contributed by atoms with Gasteiger partial charge in [0, 0.05) is 39.3 Å². The minimum absolute atomic E-state index is 0.166. The second-order valence-corrected chi connectivity index (χ2v) is 12.9. The Bertz CT molecular complexity index is 1440. The minimum atomic E-state index is -3.67. The van der Waals surface area contributed by atoms with E-state index in [1.54, 1.807) is 7.11 Å². The zero-order chi connectivity index (χ0) is 31.3. The van der Waals surface area contributed by atoms with E-state index < -0.39 is 20.2 Å². The lowest BCUT2D eigenvalue weighted by atomic mass is 9.98. The van der Waals surface area contributed by atoms with Crippen LogP contribution in [0.4, 0.5) is 0 Å². The first-order valence-electron chi connectivity index (χ1n) is 13.2. The Hall–Kier alpha value is -3.07. The molecule has 0 spiro atoms. The van der Waals surface area contributed by atoms with E-state index in [2.05, 4.69) is 46.2 Å². The summed E-state index contributed by atoms with van der Waals surface area (Å²) < 4.78 is 62.6. The third-order valence-corrected chi connectivity index (χ3v) is 6.29. The topological polar surface area (TPSA) is 151 Å². The maximum Gasteiger partial charge on any atom is 0.313 e. The molecular formula is C29H40N2O9S2. The van der Waals surface area contributed by atoms with Gasteiger partial charge in [0.25, 0.3) is 20.2 Å². The summed E-state index contributed by atoms with van der Waals surface area (Å²) in [5.74, 6) is 0.378. The quantitative estimate of drug-likeness (QED) is 0.281. The molecule has 11 nitrogen and oxygen atoms in total. The van der Waals surface area contributed by atoms with Crippen molar-refractivity contribution >= 4 is 37.0 Å². The molecular weight excluding hydrogens is 584 g/mol. The van der Waals surface area contributed by atoms with Crippen molar-refractivity contribution in [2.75, 3.05) is 59.0 Å². The van der Waals surface area contributed by atoms with Gasteiger partial charge in [0.15, 0.2) is 0 Å². The minimum Gasteiger partial charge on any atom is -0.497 e. The Morgan fingerprint density at radius 1 is 0.833 bits per heavy atom. The van der Waals surface area contributed by atoms with Gasteiger partial charge < -0.3 is 9.47 Å². The average molecular weight is 625 g/mol. The third-order valence-electron chi connectivity index (χ3n) is 6.29. The van der Waals surface area contributed by atoms with Gasteiger partial charge in [-0.2, -0.15) is 16.8 Å². The highest BCUT2D eigenvalue weighted by atomic mass is 32.2. The molecule has 0 radical (unpaired) electrons. The van der Waals surface area contributed by atoms with Gasteiger partial charge in [-0.1, -0.05) is 54.6 Å². The molecule has 2 N–H and O–H groups in total. The maximum absolute atomic E-state index is 12.6. The fourth-order valence-corrected chi connectivity index (χ4v) is 4.19. The van der Waals surface area contributed by atoms with Crippen molar-refractivity contribution < 1.29 is 40.2 Å². The van der Waals surface area contributed by atoms with Crippen LogP contribution in [0.3, 0.4) is 0 Å². The van der Waals surface area contributed by atoms with Gasteiger partial charge in [-0.3, -0.25) is 23.7 Å². The van der Waals surface area contributed by atoms with Crippen molar-refractivity contribution in [2.45, 2.75) is 19.4 Å². The van der Waals surface area contributed by atoms with Gasteiger partial charge in [-0.15, -0.1) is 0 Å². The summed E-state index contributed by atoms with van der Waals surface area (Å²) in [6.45, 7) is 8.24. The number of ether oxygens (including phenoxy) is 2. The first-order valence-corrected chi connectivity index (χ1v) is 16.9. The van der Waals surface area contributed by atoms with E-state index in [-0.39, 0.29) is 11.9 Å². The Morgan fingerprint density at radius 3 is 1.93 bits per heavy atom. The second-order valence-electron chi connectivity index (χ2n) is 9.93. The zero-order valence-electron chi connectivity index (χ0n) is 24.3. The van der Waals surface area contributed by atoms with Crippen molar-refractivity contribution in [3.05, 3.63) is 77.9 Å². The van der Waals surface area contributed by atoms with Crippen molar-refractivity contribution in [3.63, 3.8) is 0 Å². The Morgan fingerprint density at radius 2 is 1.36 bits per heavy atom. The number of carbonyl (C=O) groups is 1. The lowest BCUT2D eigenvalue weighted by molar-refractivity contribution is -0.145. The molecule has 1 saturated heterocycles. The third kappa shape index (κ3) is 14.7. The number of rotatable bonds is 8. The van der Waals surface area contributed by atoms with Crippen molar-refractivity contribution in [3.8, 4) is 5.75 Å². The standard InChI is InChI=1S/C27H32N2O3.2CH4O3S/c1-21(23-8-9-25-19-26(31-2)11-10-24(25)18-23)27(30)32-17-16-28-12-14-29(15-13-28)20-22-6-4-3-5-7-22;2*1-5(2,3)4/h3-11,18-19,21H,12-17,20H2,1-2H3;2*1H3,(H,2,3,4). The number of nitrogens with zero attached hydrogens (tertiary/aromatic N) is 2. The van der Waals surface area contributed by atoms with Crippen LogP contribution in [0.25, 0.3) is 10.8 Å². The summed E-state index contributed by atoms with van der Waals surface area (Å²) in [4.78, 5) is 17.5.